The zero-order valence-corrected chi connectivity index (χ0v) is 10.2. The van der Waals surface area contributed by atoms with Gasteiger partial charge in [-0.2, -0.15) is 5.26 Å². The summed E-state index contributed by atoms with van der Waals surface area (Å²) in [5, 5.41) is 8.68. The molecule has 0 aliphatic carbocycles. The van der Waals surface area contributed by atoms with Gasteiger partial charge in [0, 0.05) is 13.6 Å². The van der Waals surface area contributed by atoms with E-state index in [-0.39, 0.29) is 0 Å². The molecule has 16 heavy (non-hydrogen) atoms. The molecule has 0 spiro atoms. The zero-order chi connectivity index (χ0) is 12.0. The molecule has 1 aromatic rings. The van der Waals surface area contributed by atoms with Crippen molar-refractivity contribution in [3.63, 3.8) is 0 Å². The molecule has 0 bridgehead atoms. The molecule has 3 nitrogen and oxygen atoms in total. The molecular formula is C13H18N2O. The lowest BCUT2D eigenvalue weighted by Crippen LogP contribution is -2.15. The predicted molar refractivity (Wildman–Crippen MR) is 64.3 cm³/mol. The van der Waals surface area contributed by atoms with Crippen LogP contribution in [0, 0.1) is 11.5 Å². The minimum absolute atomic E-state index is 0.722. The summed E-state index contributed by atoms with van der Waals surface area (Å²) in [5.74, 6) is 0.906. The summed E-state index contributed by atoms with van der Waals surface area (Å²) in [7, 11) is 3.47. The summed E-state index contributed by atoms with van der Waals surface area (Å²) in [6.07, 6.45) is 3.95. The third kappa shape index (κ3) is 3.16. The van der Waals surface area contributed by atoms with Crippen molar-refractivity contribution in [3.8, 4) is 11.9 Å². The van der Waals surface area contributed by atoms with Crippen LogP contribution in [0.25, 0.3) is 0 Å². The van der Waals surface area contributed by atoms with Crippen molar-refractivity contribution in [3.05, 3.63) is 29.3 Å². The van der Waals surface area contributed by atoms with Gasteiger partial charge in [-0.05, 0) is 30.0 Å². The van der Waals surface area contributed by atoms with E-state index in [1.165, 1.54) is 11.1 Å². The Bertz CT molecular complexity index is 382. The van der Waals surface area contributed by atoms with E-state index >= 15 is 0 Å². The van der Waals surface area contributed by atoms with Gasteiger partial charge in [0.05, 0.1) is 7.11 Å². The van der Waals surface area contributed by atoms with E-state index in [0.29, 0.717) is 0 Å². The monoisotopic (exact) mass is 218 g/mol. The van der Waals surface area contributed by atoms with Crippen molar-refractivity contribution in [1.82, 2.24) is 4.90 Å². The van der Waals surface area contributed by atoms with Gasteiger partial charge < -0.3 is 9.64 Å². The molecule has 0 heterocycles. The third-order valence-electron chi connectivity index (χ3n) is 2.64. The van der Waals surface area contributed by atoms with Crippen molar-refractivity contribution in [2.45, 2.75) is 19.8 Å². The average Bonchev–Trinajstić information content (AvgIpc) is 2.35. The lowest BCUT2D eigenvalue weighted by molar-refractivity contribution is 0.404. The second-order valence-corrected chi connectivity index (χ2v) is 3.77. The van der Waals surface area contributed by atoms with E-state index in [2.05, 4.69) is 25.2 Å². The van der Waals surface area contributed by atoms with E-state index in [1.54, 1.807) is 19.1 Å². The van der Waals surface area contributed by atoms with Crippen LogP contribution in [0.3, 0.4) is 0 Å². The number of likely N-dealkylation sites (N-methyl/N-ethyl adjacent to an activating group) is 1. The van der Waals surface area contributed by atoms with Crippen LogP contribution in [0.5, 0.6) is 5.75 Å². The molecule has 3 heteroatoms. The van der Waals surface area contributed by atoms with Gasteiger partial charge in [0.25, 0.3) is 0 Å². The van der Waals surface area contributed by atoms with Gasteiger partial charge in [0.2, 0.25) is 0 Å². The molecule has 86 valence electrons. The van der Waals surface area contributed by atoms with E-state index in [0.717, 1.165) is 25.1 Å². The predicted octanol–water partition coefficient (Wildman–Crippen LogP) is 2.21. The van der Waals surface area contributed by atoms with Crippen LogP contribution >= 0.6 is 0 Å². The molecule has 0 aliphatic rings. The van der Waals surface area contributed by atoms with Crippen molar-refractivity contribution in [2.75, 3.05) is 20.7 Å². The van der Waals surface area contributed by atoms with Gasteiger partial charge in [-0.3, -0.25) is 0 Å². The summed E-state index contributed by atoms with van der Waals surface area (Å²) in [6.45, 7) is 2.85. The minimum Gasteiger partial charge on any atom is -0.496 e. The quantitative estimate of drug-likeness (QED) is 0.561. The smallest absolute Gasteiger partial charge is 0.179 e. The molecule has 0 radical (unpaired) electrons. The average molecular weight is 218 g/mol. The second kappa shape index (κ2) is 6.02. The summed E-state index contributed by atoms with van der Waals surface area (Å²) >= 11 is 0. The van der Waals surface area contributed by atoms with Crippen LogP contribution in [0.1, 0.15) is 18.1 Å². The van der Waals surface area contributed by atoms with Crippen LogP contribution in [0.4, 0.5) is 0 Å². The Hall–Kier alpha value is -1.69. The highest BCUT2D eigenvalue weighted by Gasteiger charge is 2.05. The Labute approximate surface area is 97.3 Å². The topological polar surface area (TPSA) is 36.3 Å². The van der Waals surface area contributed by atoms with Crippen molar-refractivity contribution < 1.29 is 4.74 Å². The normalized spacial score (nSPS) is 9.62. The van der Waals surface area contributed by atoms with Gasteiger partial charge >= 0.3 is 0 Å². The Morgan fingerprint density at radius 3 is 2.75 bits per heavy atom. The summed E-state index contributed by atoms with van der Waals surface area (Å²) in [4.78, 5) is 1.62. The lowest BCUT2D eigenvalue weighted by Gasteiger charge is -2.12. The highest BCUT2D eigenvalue weighted by molar-refractivity contribution is 5.37. The van der Waals surface area contributed by atoms with E-state index < -0.39 is 0 Å². The second-order valence-electron chi connectivity index (χ2n) is 3.77. The highest BCUT2D eigenvalue weighted by Crippen LogP contribution is 2.20. The van der Waals surface area contributed by atoms with E-state index in [4.69, 9.17) is 10.00 Å². The number of benzene rings is 1. The molecule has 0 aromatic heterocycles. The largest absolute Gasteiger partial charge is 0.496 e. The van der Waals surface area contributed by atoms with Gasteiger partial charge in [0.15, 0.2) is 6.19 Å². The van der Waals surface area contributed by atoms with Crippen LogP contribution in [0.2, 0.25) is 0 Å². The molecule has 0 N–H and O–H groups in total. The van der Waals surface area contributed by atoms with Crippen LogP contribution < -0.4 is 4.74 Å². The molecule has 1 rings (SSSR count). The number of hydrogen-bond acceptors (Lipinski definition) is 3. The minimum atomic E-state index is 0.722. The summed E-state index contributed by atoms with van der Waals surface area (Å²) in [6, 6.07) is 6.24. The highest BCUT2D eigenvalue weighted by atomic mass is 16.5. The van der Waals surface area contributed by atoms with Crippen molar-refractivity contribution >= 4 is 0 Å². The molecule has 0 saturated carbocycles. The number of aryl methyl sites for hydroxylation is 1. The maximum Gasteiger partial charge on any atom is 0.179 e. The molecule has 0 amide bonds. The molecule has 0 saturated heterocycles. The molecule has 0 unspecified atom stereocenters. The number of nitrogens with zero attached hydrogens (tertiary/aromatic N) is 2. The fraction of sp³-hybridized carbons (Fsp3) is 0.462. The lowest BCUT2D eigenvalue weighted by atomic mass is 10.1. The number of rotatable bonds is 5. The van der Waals surface area contributed by atoms with Crippen LogP contribution in [-0.4, -0.2) is 25.6 Å². The van der Waals surface area contributed by atoms with Gasteiger partial charge in [-0.15, -0.1) is 0 Å². The molecule has 0 atom stereocenters. The summed E-state index contributed by atoms with van der Waals surface area (Å²) in [5.41, 5.74) is 2.47. The third-order valence-corrected chi connectivity index (χ3v) is 2.64. The fourth-order valence-corrected chi connectivity index (χ4v) is 1.59. The SMILES string of the molecule is CCc1ccc(OC)c(CCN(C)C#N)c1. The first-order valence-corrected chi connectivity index (χ1v) is 5.48. The Balaban J connectivity index is 2.79. The first-order chi connectivity index (χ1) is 7.71. The first kappa shape index (κ1) is 12.4. The number of nitriles is 1. The molecule has 0 aliphatic heterocycles. The van der Waals surface area contributed by atoms with Crippen LogP contribution in [0.15, 0.2) is 18.2 Å². The first-order valence-electron chi connectivity index (χ1n) is 5.48. The van der Waals surface area contributed by atoms with E-state index in [1.807, 2.05) is 6.07 Å². The van der Waals surface area contributed by atoms with E-state index in [9.17, 15) is 0 Å². The van der Waals surface area contributed by atoms with Crippen molar-refractivity contribution in [1.29, 1.82) is 5.26 Å². The number of hydrogen-bond donors (Lipinski definition) is 0. The van der Waals surface area contributed by atoms with Crippen LogP contribution in [-0.2, 0) is 12.8 Å². The maximum atomic E-state index is 8.68. The van der Waals surface area contributed by atoms with Crippen molar-refractivity contribution in [2.24, 2.45) is 0 Å². The maximum absolute atomic E-state index is 8.68. The van der Waals surface area contributed by atoms with Gasteiger partial charge in [0.1, 0.15) is 5.75 Å². The fourth-order valence-electron chi connectivity index (χ4n) is 1.59. The standard InChI is InChI=1S/C13H18N2O/c1-4-11-5-6-13(16-3)12(9-11)7-8-15(2)10-14/h5-6,9H,4,7-8H2,1-3H3. The Morgan fingerprint density at radius 2 is 2.19 bits per heavy atom. The molecular weight excluding hydrogens is 200 g/mol. The Kier molecular flexibility index (Phi) is 4.65. The molecule has 0 fully saturated rings. The number of methoxy groups -OCH3 is 1. The summed E-state index contributed by atoms with van der Waals surface area (Å²) < 4.78 is 5.31. The number of ether oxygens (including phenoxy) is 1. The van der Waals surface area contributed by atoms with Gasteiger partial charge in [-0.25, -0.2) is 0 Å². The zero-order valence-electron chi connectivity index (χ0n) is 10.2. The van der Waals surface area contributed by atoms with Gasteiger partial charge in [-0.1, -0.05) is 19.1 Å². The molecule has 1 aromatic carbocycles. The Morgan fingerprint density at radius 1 is 1.44 bits per heavy atom.